The predicted octanol–water partition coefficient (Wildman–Crippen LogP) is 2.46. The lowest BCUT2D eigenvalue weighted by Gasteiger charge is -2.32. The van der Waals surface area contributed by atoms with Gasteiger partial charge in [-0.2, -0.15) is 0 Å². The summed E-state index contributed by atoms with van der Waals surface area (Å²) in [5.74, 6) is 0.858. The Balaban J connectivity index is 1.39. The van der Waals surface area contributed by atoms with Crippen LogP contribution in [-0.4, -0.2) is 43.6 Å². The molecule has 0 unspecified atom stereocenters. The summed E-state index contributed by atoms with van der Waals surface area (Å²) in [6, 6.07) is 5.22. The van der Waals surface area contributed by atoms with Crippen LogP contribution >= 0.6 is 0 Å². The summed E-state index contributed by atoms with van der Waals surface area (Å²) < 4.78 is 6.77. The Morgan fingerprint density at radius 1 is 1.21 bits per heavy atom. The van der Waals surface area contributed by atoms with E-state index < -0.39 is 0 Å². The third kappa shape index (κ3) is 3.96. The van der Waals surface area contributed by atoms with Crippen LogP contribution in [0.5, 0.6) is 0 Å². The molecule has 0 aromatic carbocycles. The fourth-order valence-corrected chi connectivity index (χ4v) is 3.79. The molecular formula is C21H23N5O3. The van der Waals surface area contributed by atoms with Crippen molar-refractivity contribution in [3.8, 4) is 11.3 Å². The SMILES string of the molecule is Cc1noc(C)c1C(=O)N1CCC(Cn2cnc(-c3ccncc3)cc2=O)CC1. The molecule has 1 amide bonds. The van der Waals surface area contributed by atoms with E-state index in [0.29, 0.717) is 48.3 Å². The van der Waals surface area contributed by atoms with E-state index >= 15 is 0 Å². The standard InChI is InChI=1S/C21H23N5O3/c1-14-20(15(2)29-24-14)21(28)25-9-5-16(6-10-25)12-26-13-23-18(11-19(26)27)17-3-7-22-8-4-17/h3-4,7-8,11,13,16H,5-6,9-10,12H2,1-2H3. The molecule has 1 fully saturated rings. The number of aromatic nitrogens is 4. The number of nitrogens with zero attached hydrogens (tertiary/aromatic N) is 5. The van der Waals surface area contributed by atoms with Gasteiger partial charge in [-0.15, -0.1) is 0 Å². The van der Waals surface area contributed by atoms with Gasteiger partial charge in [-0.1, -0.05) is 5.16 Å². The zero-order chi connectivity index (χ0) is 20.4. The van der Waals surface area contributed by atoms with Gasteiger partial charge in [0.15, 0.2) is 0 Å². The quantitative estimate of drug-likeness (QED) is 0.676. The molecule has 4 rings (SSSR count). The van der Waals surface area contributed by atoms with Crippen LogP contribution in [0.3, 0.4) is 0 Å². The number of rotatable bonds is 4. The number of pyridine rings is 1. The van der Waals surface area contributed by atoms with Crippen molar-refractivity contribution in [2.45, 2.75) is 33.2 Å². The molecule has 0 atom stereocenters. The van der Waals surface area contributed by atoms with E-state index in [9.17, 15) is 9.59 Å². The first-order chi connectivity index (χ1) is 14.0. The van der Waals surface area contributed by atoms with Crippen molar-refractivity contribution >= 4 is 5.91 Å². The molecule has 1 aliphatic rings. The van der Waals surface area contributed by atoms with E-state index in [2.05, 4.69) is 15.1 Å². The molecule has 8 heteroatoms. The van der Waals surface area contributed by atoms with E-state index in [0.717, 1.165) is 18.4 Å². The van der Waals surface area contributed by atoms with E-state index in [1.54, 1.807) is 43.2 Å². The van der Waals surface area contributed by atoms with Crippen molar-refractivity contribution in [2.24, 2.45) is 5.92 Å². The highest BCUT2D eigenvalue weighted by atomic mass is 16.5. The van der Waals surface area contributed by atoms with Crippen LogP contribution in [0.25, 0.3) is 11.3 Å². The topological polar surface area (TPSA) is 94.1 Å². The van der Waals surface area contributed by atoms with Gasteiger partial charge in [-0.3, -0.25) is 19.1 Å². The number of piperidine rings is 1. The maximum absolute atomic E-state index is 12.8. The lowest BCUT2D eigenvalue weighted by atomic mass is 9.96. The minimum absolute atomic E-state index is 0.0276. The summed E-state index contributed by atoms with van der Waals surface area (Å²) >= 11 is 0. The van der Waals surface area contributed by atoms with Crippen LogP contribution in [0.1, 0.15) is 34.7 Å². The zero-order valence-corrected chi connectivity index (χ0v) is 16.5. The Morgan fingerprint density at radius 2 is 1.93 bits per heavy atom. The highest BCUT2D eigenvalue weighted by Crippen LogP contribution is 2.23. The molecule has 1 aliphatic heterocycles. The third-order valence-electron chi connectivity index (χ3n) is 5.46. The van der Waals surface area contributed by atoms with Crippen molar-refractivity contribution in [1.82, 2.24) is 24.6 Å². The molecule has 1 saturated heterocycles. The molecule has 29 heavy (non-hydrogen) atoms. The van der Waals surface area contributed by atoms with Crippen LogP contribution in [0.4, 0.5) is 0 Å². The normalized spacial score (nSPS) is 14.9. The fourth-order valence-electron chi connectivity index (χ4n) is 3.79. The molecule has 0 N–H and O–H groups in total. The van der Waals surface area contributed by atoms with E-state index in [1.165, 1.54) is 0 Å². The van der Waals surface area contributed by atoms with E-state index in [1.807, 2.05) is 17.0 Å². The number of likely N-dealkylation sites (tertiary alicyclic amines) is 1. The maximum atomic E-state index is 12.8. The second-order valence-corrected chi connectivity index (χ2v) is 7.44. The third-order valence-corrected chi connectivity index (χ3v) is 5.46. The molecule has 150 valence electrons. The van der Waals surface area contributed by atoms with Crippen LogP contribution in [0.2, 0.25) is 0 Å². The molecule has 3 aromatic rings. The van der Waals surface area contributed by atoms with Gasteiger partial charge in [0.2, 0.25) is 0 Å². The minimum atomic E-state index is -0.0685. The Bertz CT molecular complexity index is 1050. The predicted molar refractivity (Wildman–Crippen MR) is 106 cm³/mol. The van der Waals surface area contributed by atoms with Crippen LogP contribution in [0.15, 0.2) is 46.2 Å². The van der Waals surface area contributed by atoms with Crippen LogP contribution < -0.4 is 5.56 Å². The van der Waals surface area contributed by atoms with Crippen LogP contribution in [0, 0.1) is 19.8 Å². The Labute approximate surface area is 168 Å². The van der Waals surface area contributed by atoms with Gasteiger partial charge in [0.1, 0.15) is 11.3 Å². The average Bonchev–Trinajstić information content (AvgIpc) is 3.08. The summed E-state index contributed by atoms with van der Waals surface area (Å²) in [5.41, 5.74) is 2.64. The summed E-state index contributed by atoms with van der Waals surface area (Å²) in [6.07, 6.45) is 6.65. The van der Waals surface area contributed by atoms with Gasteiger partial charge in [0.25, 0.3) is 11.5 Å². The van der Waals surface area contributed by atoms with Crippen molar-refractivity contribution in [1.29, 1.82) is 0 Å². The van der Waals surface area contributed by atoms with Gasteiger partial charge >= 0.3 is 0 Å². The first-order valence-corrected chi connectivity index (χ1v) is 9.72. The van der Waals surface area contributed by atoms with Gasteiger partial charge in [-0.05, 0) is 44.7 Å². The van der Waals surface area contributed by atoms with Crippen molar-refractivity contribution in [2.75, 3.05) is 13.1 Å². The molecule has 3 aromatic heterocycles. The van der Waals surface area contributed by atoms with E-state index in [4.69, 9.17) is 4.52 Å². The number of hydrogen-bond acceptors (Lipinski definition) is 6. The monoisotopic (exact) mass is 393 g/mol. The van der Waals surface area contributed by atoms with Gasteiger partial charge < -0.3 is 9.42 Å². The highest BCUT2D eigenvalue weighted by molar-refractivity contribution is 5.96. The maximum Gasteiger partial charge on any atom is 0.259 e. The summed E-state index contributed by atoms with van der Waals surface area (Å²) in [5, 5.41) is 3.87. The van der Waals surface area contributed by atoms with Gasteiger partial charge in [-0.25, -0.2) is 4.98 Å². The molecule has 0 bridgehead atoms. The van der Waals surface area contributed by atoms with Gasteiger partial charge in [0, 0.05) is 43.7 Å². The van der Waals surface area contributed by atoms with Gasteiger partial charge in [0.05, 0.1) is 17.7 Å². The highest BCUT2D eigenvalue weighted by Gasteiger charge is 2.27. The first-order valence-electron chi connectivity index (χ1n) is 9.72. The molecule has 0 spiro atoms. The molecule has 8 nitrogen and oxygen atoms in total. The number of carbonyl (C=O) groups excluding carboxylic acids is 1. The smallest absolute Gasteiger partial charge is 0.259 e. The summed E-state index contributed by atoms with van der Waals surface area (Å²) in [7, 11) is 0. The first kappa shape index (κ1) is 19.0. The van der Waals surface area contributed by atoms with Crippen molar-refractivity contribution in [3.05, 3.63) is 64.3 Å². The molecule has 0 radical (unpaired) electrons. The van der Waals surface area contributed by atoms with Crippen molar-refractivity contribution < 1.29 is 9.32 Å². The lowest BCUT2D eigenvalue weighted by Crippen LogP contribution is -2.40. The molecular weight excluding hydrogens is 370 g/mol. The number of amides is 1. The molecule has 0 aliphatic carbocycles. The van der Waals surface area contributed by atoms with Crippen molar-refractivity contribution in [3.63, 3.8) is 0 Å². The summed E-state index contributed by atoms with van der Waals surface area (Å²) in [6.45, 7) is 5.46. The second-order valence-electron chi connectivity index (χ2n) is 7.44. The number of aryl methyl sites for hydroxylation is 2. The fraction of sp³-hybridized carbons (Fsp3) is 0.381. The number of carbonyl (C=O) groups is 1. The lowest BCUT2D eigenvalue weighted by molar-refractivity contribution is 0.0680. The Kier molecular flexibility index (Phi) is 5.24. The minimum Gasteiger partial charge on any atom is -0.361 e. The van der Waals surface area contributed by atoms with E-state index in [-0.39, 0.29) is 11.5 Å². The second kappa shape index (κ2) is 7.98. The zero-order valence-electron chi connectivity index (χ0n) is 16.5. The summed E-state index contributed by atoms with van der Waals surface area (Å²) in [4.78, 5) is 35.5. The number of hydrogen-bond donors (Lipinski definition) is 0. The van der Waals surface area contributed by atoms with Crippen LogP contribution in [-0.2, 0) is 6.54 Å². The molecule has 4 heterocycles. The Hall–Kier alpha value is -3.29. The molecule has 0 saturated carbocycles. The Morgan fingerprint density at radius 3 is 2.55 bits per heavy atom. The largest absolute Gasteiger partial charge is 0.361 e. The average molecular weight is 393 g/mol.